The lowest BCUT2D eigenvalue weighted by molar-refractivity contribution is -0.455. The molecule has 1 heterocycles. The molecule has 0 aliphatic rings. The van der Waals surface area contributed by atoms with Gasteiger partial charge in [0.15, 0.2) is 5.54 Å². The van der Waals surface area contributed by atoms with Crippen molar-refractivity contribution in [2.24, 2.45) is 0 Å². The zero-order valence-corrected chi connectivity index (χ0v) is 7.73. The van der Waals surface area contributed by atoms with E-state index in [-0.39, 0.29) is 0 Å². The minimum absolute atomic E-state index is 0.500. The van der Waals surface area contributed by atoms with Crippen molar-refractivity contribution in [3.05, 3.63) is 22.4 Å². The maximum atomic E-state index is 10.7. The van der Waals surface area contributed by atoms with Gasteiger partial charge in [-0.2, -0.15) is 0 Å². The van der Waals surface area contributed by atoms with Gasteiger partial charge in [-0.25, -0.2) is 4.79 Å². The summed E-state index contributed by atoms with van der Waals surface area (Å²) in [6.07, 6.45) is 0.500. The van der Waals surface area contributed by atoms with E-state index in [9.17, 15) is 4.79 Å². The Hall–Kier alpha value is -0.870. The minimum atomic E-state index is -0.898. The van der Waals surface area contributed by atoms with Crippen molar-refractivity contribution in [1.82, 2.24) is 0 Å². The summed E-state index contributed by atoms with van der Waals surface area (Å²) < 4.78 is 0. The van der Waals surface area contributed by atoms with Gasteiger partial charge in [-0.05, 0) is 11.4 Å². The van der Waals surface area contributed by atoms with E-state index in [4.69, 9.17) is 5.11 Å². The number of hydrogen-bond acceptors (Lipinski definition) is 2. The zero-order valence-electron chi connectivity index (χ0n) is 6.91. The van der Waals surface area contributed by atoms with Gasteiger partial charge >= 0.3 is 5.97 Å². The summed E-state index contributed by atoms with van der Waals surface area (Å²) in [5, 5.41) is 10.7. The average molecular weight is 186 g/mol. The quantitative estimate of drug-likeness (QED) is 0.716. The SMILES string of the molecule is C[C@]([NH3+])(Cc1cccs1)C(=O)O. The minimum Gasteiger partial charge on any atom is -0.477 e. The Morgan fingerprint density at radius 3 is 2.92 bits per heavy atom. The first-order chi connectivity index (χ1) is 5.52. The Morgan fingerprint density at radius 2 is 2.50 bits per heavy atom. The van der Waals surface area contributed by atoms with Crippen LogP contribution in [0.25, 0.3) is 0 Å². The third kappa shape index (κ3) is 2.06. The molecule has 1 rings (SSSR count). The third-order valence-electron chi connectivity index (χ3n) is 1.66. The van der Waals surface area contributed by atoms with Crippen molar-refractivity contribution in [3.8, 4) is 0 Å². The predicted octanol–water partition coefficient (Wildman–Crippen LogP) is 0.376. The van der Waals surface area contributed by atoms with E-state index in [0.29, 0.717) is 6.42 Å². The normalized spacial score (nSPS) is 15.5. The van der Waals surface area contributed by atoms with Crippen molar-refractivity contribution in [2.45, 2.75) is 18.9 Å². The van der Waals surface area contributed by atoms with Crippen LogP contribution in [-0.4, -0.2) is 16.6 Å². The maximum Gasteiger partial charge on any atom is 0.365 e. The van der Waals surface area contributed by atoms with Crippen molar-refractivity contribution < 1.29 is 15.6 Å². The van der Waals surface area contributed by atoms with Gasteiger partial charge in [0.1, 0.15) is 0 Å². The summed E-state index contributed by atoms with van der Waals surface area (Å²) in [5.41, 5.74) is 2.75. The summed E-state index contributed by atoms with van der Waals surface area (Å²) in [7, 11) is 0. The highest BCUT2D eigenvalue weighted by Gasteiger charge is 2.32. The van der Waals surface area contributed by atoms with E-state index in [2.05, 4.69) is 5.73 Å². The molecular weight excluding hydrogens is 174 g/mol. The van der Waals surface area contributed by atoms with Crippen LogP contribution in [0.4, 0.5) is 0 Å². The number of quaternary nitrogens is 1. The lowest BCUT2D eigenvalue weighted by Gasteiger charge is -2.13. The van der Waals surface area contributed by atoms with Gasteiger partial charge in [-0.15, -0.1) is 11.3 Å². The summed E-state index contributed by atoms with van der Waals surface area (Å²) in [4.78, 5) is 11.8. The maximum absolute atomic E-state index is 10.7. The number of rotatable bonds is 3. The number of aliphatic carboxylic acids is 1. The van der Waals surface area contributed by atoms with Crippen LogP contribution >= 0.6 is 11.3 Å². The lowest BCUT2D eigenvalue weighted by Crippen LogP contribution is -2.76. The molecule has 1 aromatic rings. The van der Waals surface area contributed by atoms with Gasteiger partial charge in [-0.1, -0.05) is 6.07 Å². The first kappa shape index (κ1) is 9.22. The fourth-order valence-electron chi connectivity index (χ4n) is 0.873. The van der Waals surface area contributed by atoms with Gasteiger partial charge in [0, 0.05) is 18.2 Å². The molecule has 0 spiro atoms. The van der Waals surface area contributed by atoms with Gasteiger partial charge < -0.3 is 10.8 Å². The fraction of sp³-hybridized carbons (Fsp3) is 0.375. The Morgan fingerprint density at radius 1 is 1.83 bits per heavy atom. The molecule has 66 valence electrons. The van der Waals surface area contributed by atoms with Crippen molar-refractivity contribution in [1.29, 1.82) is 0 Å². The standard InChI is InChI=1S/C8H11NO2S/c1-8(9,7(10)11)5-6-3-2-4-12-6/h2-4H,5,9H2,1H3,(H,10,11)/p+1/t8-/m0/s1. The van der Waals surface area contributed by atoms with Crippen LogP contribution in [0.15, 0.2) is 17.5 Å². The van der Waals surface area contributed by atoms with E-state index < -0.39 is 11.5 Å². The number of carboxylic acid groups (broad SMARTS) is 1. The van der Waals surface area contributed by atoms with Crippen LogP contribution in [0.3, 0.4) is 0 Å². The Labute approximate surface area is 74.8 Å². The first-order valence-corrected chi connectivity index (χ1v) is 4.51. The highest BCUT2D eigenvalue weighted by atomic mass is 32.1. The molecule has 0 aliphatic heterocycles. The van der Waals surface area contributed by atoms with Crippen molar-refractivity contribution in [3.63, 3.8) is 0 Å². The molecule has 0 radical (unpaired) electrons. The molecular formula is C8H12NO2S+. The molecule has 1 aromatic heterocycles. The monoisotopic (exact) mass is 186 g/mol. The molecule has 3 nitrogen and oxygen atoms in total. The van der Waals surface area contributed by atoms with E-state index in [1.807, 2.05) is 17.5 Å². The highest BCUT2D eigenvalue weighted by Crippen LogP contribution is 2.14. The molecule has 4 N–H and O–H groups in total. The average Bonchev–Trinajstić information content (AvgIpc) is 2.38. The Balaban J connectivity index is 2.69. The van der Waals surface area contributed by atoms with Gasteiger partial charge in [0.05, 0.1) is 0 Å². The molecule has 0 saturated carbocycles. The molecule has 0 amide bonds. The van der Waals surface area contributed by atoms with E-state index in [1.54, 1.807) is 18.3 Å². The van der Waals surface area contributed by atoms with E-state index >= 15 is 0 Å². The predicted molar refractivity (Wildman–Crippen MR) is 47.0 cm³/mol. The molecule has 12 heavy (non-hydrogen) atoms. The molecule has 0 aliphatic carbocycles. The van der Waals surface area contributed by atoms with Crippen LogP contribution in [0, 0.1) is 0 Å². The topological polar surface area (TPSA) is 64.9 Å². The summed E-state index contributed by atoms with van der Waals surface area (Å²) in [5.74, 6) is -0.851. The second-order valence-corrected chi connectivity index (χ2v) is 4.15. The number of hydrogen-bond donors (Lipinski definition) is 2. The number of thiophene rings is 1. The zero-order chi connectivity index (χ0) is 9.19. The number of carboxylic acids is 1. The molecule has 0 unspecified atom stereocenters. The Kier molecular flexibility index (Phi) is 2.49. The molecule has 0 fully saturated rings. The van der Waals surface area contributed by atoms with Crippen LogP contribution < -0.4 is 5.73 Å². The smallest absolute Gasteiger partial charge is 0.365 e. The number of carbonyl (C=O) groups is 1. The van der Waals surface area contributed by atoms with Crippen LogP contribution in [0.1, 0.15) is 11.8 Å². The van der Waals surface area contributed by atoms with Gasteiger partial charge in [0.2, 0.25) is 0 Å². The summed E-state index contributed by atoms with van der Waals surface area (Å²) >= 11 is 1.56. The molecule has 0 aromatic carbocycles. The third-order valence-corrected chi connectivity index (χ3v) is 2.54. The van der Waals surface area contributed by atoms with Crippen LogP contribution in [0.2, 0.25) is 0 Å². The molecule has 1 atom stereocenters. The summed E-state index contributed by atoms with van der Waals surface area (Å²) in [6, 6.07) is 3.84. The van der Waals surface area contributed by atoms with Gasteiger partial charge in [0.25, 0.3) is 0 Å². The van der Waals surface area contributed by atoms with Crippen LogP contribution in [0.5, 0.6) is 0 Å². The second-order valence-electron chi connectivity index (χ2n) is 3.12. The largest absolute Gasteiger partial charge is 0.477 e. The Bertz CT molecular complexity index is 267. The second kappa shape index (κ2) is 3.25. The van der Waals surface area contributed by atoms with E-state index in [0.717, 1.165) is 4.88 Å². The van der Waals surface area contributed by atoms with Gasteiger partial charge in [-0.3, -0.25) is 0 Å². The van der Waals surface area contributed by atoms with Crippen LogP contribution in [-0.2, 0) is 11.2 Å². The molecule has 4 heteroatoms. The van der Waals surface area contributed by atoms with Crippen molar-refractivity contribution >= 4 is 17.3 Å². The fourth-order valence-corrected chi connectivity index (χ4v) is 1.76. The van der Waals surface area contributed by atoms with E-state index in [1.165, 1.54) is 0 Å². The molecule has 0 bridgehead atoms. The molecule has 0 saturated heterocycles. The lowest BCUT2D eigenvalue weighted by atomic mass is 9.99. The highest BCUT2D eigenvalue weighted by molar-refractivity contribution is 7.09. The first-order valence-electron chi connectivity index (χ1n) is 3.63. The van der Waals surface area contributed by atoms with Crippen molar-refractivity contribution in [2.75, 3.05) is 0 Å². The summed E-state index contributed by atoms with van der Waals surface area (Å²) in [6.45, 7) is 1.63.